The summed E-state index contributed by atoms with van der Waals surface area (Å²) in [6.45, 7) is 3.94. The van der Waals surface area contributed by atoms with Gasteiger partial charge in [0.25, 0.3) is 0 Å². The third-order valence-corrected chi connectivity index (χ3v) is 5.99. The maximum atomic E-state index is 12.5. The van der Waals surface area contributed by atoms with Gasteiger partial charge in [0.05, 0.1) is 11.4 Å². The van der Waals surface area contributed by atoms with Gasteiger partial charge in [0.2, 0.25) is 5.13 Å². The molecule has 1 aliphatic carbocycles. The van der Waals surface area contributed by atoms with Gasteiger partial charge in [0, 0.05) is 12.1 Å². The standard InChI is InChI=1S/C21H29N5O4S/c1-13(2)19(14-6-4-3-5-7-14)23-16-9-8-15(30-11-18(27)28)10-17(16)24-20(29)25-21-26-22-12-31-21/h8-10,12-14,19,23H,3-7,11H2,1-2H3,(H,27,28)(H2,24,25,26,29). The number of carboxylic acid groups (broad SMARTS) is 1. The molecule has 9 nitrogen and oxygen atoms in total. The van der Waals surface area contributed by atoms with Crippen molar-refractivity contribution >= 4 is 39.8 Å². The van der Waals surface area contributed by atoms with Crippen molar-refractivity contribution in [1.82, 2.24) is 10.2 Å². The average Bonchev–Trinajstić information content (AvgIpc) is 3.24. The first kappa shape index (κ1) is 22.8. The number of rotatable bonds is 9. The quantitative estimate of drug-likeness (QED) is 0.440. The molecule has 10 heteroatoms. The number of carboxylic acids is 1. The number of anilines is 3. The lowest BCUT2D eigenvalue weighted by Gasteiger charge is -2.35. The molecule has 1 unspecified atom stereocenters. The van der Waals surface area contributed by atoms with Crippen molar-refractivity contribution in [3.05, 3.63) is 23.7 Å². The van der Waals surface area contributed by atoms with Crippen LogP contribution < -0.4 is 20.7 Å². The van der Waals surface area contributed by atoms with Crippen LogP contribution in [0.25, 0.3) is 0 Å². The molecule has 1 saturated carbocycles. The monoisotopic (exact) mass is 447 g/mol. The van der Waals surface area contributed by atoms with E-state index in [1.54, 1.807) is 12.1 Å². The van der Waals surface area contributed by atoms with Crippen LogP contribution >= 0.6 is 11.3 Å². The lowest BCUT2D eigenvalue weighted by atomic mass is 9.79. The first-order chi connectivity index (χ1) is 14.9. The Morgan fingerprint density at radius 3 is 2.61 bits per heavy atom. The van der Waals surface area contributed by atoms with Crippen LogP contribution in [-0.4, -0.2) is 40.0 Å². The van der Waals surface area contributed by atoms with Gasteiger partial charge in [-0.1, -0.05) is 44.4 Å². The fourth-order valence-corrected chi connectivity index (χ4v) is 4.41. The number of carbonyl (C=O) groups is 2. The summed E-state index contributed by atoms with van der Waals surface area (Å²) in [5.41, 5.74) is 2.80. The van der Waals surface area contributed by atoms with Gasteiger partial charge in [0.15, 0.2) is 6.61 Å². The maximum Gasteiger partial charge on any atom is 0.341 e. The van der Waals surface area contributed by atoms with Gasteiger partial charge in [-0.2, -0.15) is 0 Å². The topological polar surface area (TPSA) is 125 Å². The summed E-state index contributed by atoms with van der Waals surface area (Å²) >= 11 is 1.21. The number of amides is 2. The molecule has 2 amide bonds. The van der Waals surface area contributed by atoms with Gasteiger partial charge in [0.1, 0.15) is 11.3 Å². The second-order valence-electron chi connectivity index (χ2n) is 8.03. The van der Waals surface area contributed by atoms with Crippen molar-refractivity contribution in [1.29, 1.82) is 0 Å². The van der Waals surface area contributed by atoms with Gasteiger partial charge >= 0.3 is 12.0 Å². The van der Waals surface area contributed by atoms with Gasteiger partial charge < -0.3 is 20.5 Å². The molecule has 0 radical (unpaired) electrons. The first-order valence-electron chi connectivity index (χ1n) is 10.5. The molecule has 1 aromatic heterocycles. The van der Waals surface area contributed by atoms with E-state index in [9.17, 15) is 9.59 Å². The zero-order valence-electron chi connectivity index (χ0n) is 17.8. The number of nitrogens with zero attached hydrogens (tertiary/aromatic N) is 2. The number of aromatic nitrogens is 2. The first-order valence-corrected chi connectivity index (χ1v) is 11.4. The molecular weight excluding hydrogens is 418 g/mol. The highest BCUT2D eigenvalue weighted by Crippen LogP contribution is 2.34. The molecule has 3 rings (SSSR count). The fourth-order valence-electron chi connectivity index (χ4n) is 3.97. The molecule has 0 saturated heterocycles. The minimum Gasteiger partial charge on any atom is -0.482 e. The molecule has 168 valence electrons. The number of hydrogen-bond donors (Lipinski definition) is 4. The number of nitrogens with one attached hydrogen (secondary N) is 3. The highest BCUT2D eigenvalue weighted by Gasteiger charge is 2.27. The van der Waals surface area contributed by atoms with Crippen LogP contribution in [0.1, 0.15) is 46.0 Å². The molecule has 1 aromatic carbocycles. The molecule has 31 heavy (non-hydrogen) atoms. The number of ether oxygens (including phenoxy) is 1. The summed E-state index contributed by atoms with van der Waals surface area (Å²) in [5, 5.41) is 25.9. The highest BCUT2D eigenvalue weighted by molar-refractivity contribution is 7.13. The van der Waals surface area contributed by atoms with Crippen molar-refractivity contribution in [2.45, 2.75) is 52.0 Å². The van der Waals surface area contributed by atoms with E-state index in [0.717, 1.165) is 5.69 Å². The molecule has 2 aromatic rings. The van der Waals surface area contributed by atoms with Gasteiger partial charge in [-0.25, -0.2) is 9.59 Å². The summed E-state index contributed by atoms with van der Waals surface area (Å²) in [4.78, 5) is 23.3. The van der Waals surface area contributed by atoms with Crippen LogP contribution in [-0.2, 0) is 4.79 Å². The van der Waals surface area contributed by atoms with Crippen LogP contribution in [0.3, 0.4) is 0 Å². The molecule has 1 aliphatic rings. The Bertz CT molecular complexity index is 869. The van der Waals surface area contributed by atoms with E-state index in [4.69, 9.17) is 9.84 Å². The van der Waals surface area contributed by atoms with E-state index < -0.39 is 18.6 Å². The number of hydrogen-bond acceptors (Lipinski definition) is 7. The Labute approximate surface area is 185 Å². The zero-order chi connectivity index (χ0) is 22.2. The van der Waals surface area contributed by atoms with E-state index >= 15 is 0 Å². The average molecular weight is 448 g/mol. The van der Waals surface area contributed by atoms with E-state index in [2.05, 4.69) is 40.0 Å². The van der Waals surface area contributed by atoms with Crippen LogP contribution in [0.5, 0.6) is 5.75 Å². The van der Waals surface area contributed by atoms with Crippen LogP contribution in [0.15, 0.2) is 23.7 Å². The minimum atomic E-state index is -1.07. The summed E-state index contributed by atoms with van der Waals surface area (Å²) in [5.74, 6) is 0.273. The van der Waals surface area contributed by atoms with E-state index in [1.165, 1.54) is 49.0 Å². The second-order valence-corrected chi connectivity index (χ2v) is 8.86. The molecular formula is C21H29N5O4S. The zero-order valence-corrected chi connectivity index (χ0v) is 18.6. The van der Waals surface area contributed by atoms with Gasteiger partial charge in [-0.3, -0.25) is 5.32 Å². The molecule has 1 fully saturated rings. The van der Waals surface area contributed by atoms with Crippen LogP contribution in [0.4, 0.5) is 21.3 Å². The summed E-state index contributed by atoms with van der Waals surface area (Å²) in [6.07, 6.45) is 6.15. The predicted octanol–water partition coefficient (Wildman–Crippen LogP) is 4.66. The molecule has 1 atom stereocenters. The molecule has 0 spiro atoms. The second kappa shape index (κ2) is 10.9. The van der Waals surface area contributed by atoms with Gasteiger partial charge in [-0.15, -0.1) is 10.2 Å². The largest absolute Gasteiger partial charge is 0.482 e. The van der Waals surface area contributed by atoms with E-state index in [0.29, 0.717) is 28.4 Å². The van der Waals surface area contributed by atoms with Crippen molar-refractivity contribution < 1.29 is 19.4 Å². The third kappa shape index (κ3) is 6.81. The van der Waals surface area contributed by atoms with Crippen molar-refractivity contribution in [2.24, 2.45) is 11.8 Å². The van der Waals surface area contributed by atoms with Crippen molar-refractivity contribution in [2.75, 3.05) is 22.6 Å². The summed E-state index contributed by atoms with van der Waals surface area (Å²) in [6, 6.07) is 4.95. The number of aliphatic carboxylic acids is 1. The van der Waals surface area contributed by atoms with Gasteiger partial charge in [-0.05, 0) is 36.8 Å². The number of benzene rings is 1. The summed E-state index contributed by atoms with van der Waals surface area (Å²) < 4.78 is 5.30. The molecule has 0 aliphatic heterocycles. The Morgan fingerprint density at radius 2 is 1.97 bits per heavy atom. The third-order valence-electron chi connectivity index (χ3n) is 5.38. The Kier molecular flexibility index (Phi) is 8.05. The molecule has 0 bridgehead atoms. The van der Waals surface area contributed by atoms with Crippen molar-refractivity contribution in [3.8, 4) is 5.75 Å². The Morgan fingerprint density at radius 1 is 1.19 bits per heavy atom. The molecule has 4 N–H and O–H groups in total. The van der Waals surface area contributed by atoms with Crippen LogP contribution in [0.2, 0.25) is 0 Å². The highest BCUT2D eigenvalue weighted by atomic mass is 32.1. The lowest BCUT2D eigenvalue weighted by molar-refractivity contribution is -0.139. The Balaban J connectivity index is 1.80. The van der Waals surface area contributed by atoms with E-state index in [1.807, 2.05) is 6.07 Å². The smallest absolute Gasteiger partial charge is 0.341 e. The van der Waals surface area contributed by atoms with E-state index in [-0.39, 0.29) is 6.04 Å². The maximum absolute atomic E-state index is 12.5. The predicted molar refractivity (Wildman–Crippen MR) is 121 cm³/mol. The van der Waals surface area contributed by atoms with Crippen LogP contribution in [0, 0.1) is 11.8 Å². The lowest BCUT2D eigenvalue weighted by Crippen LogP contribution is -2.35. The molecule has 1 heterocycles. The fraction of sp³-hybridized carbons (Fsp3) is 0.524. The summed E-state index contributed by atoms with van der Waals surface area (Å²) in [7, 11) is 0. The van der Waals surface area contributed by atoms with Crippen molar-refractivity contribution in [3.63, 3.8) is 0 Å². The number of carbonyl (C=O) groups excluding carboxylic acids is 1. The Hall–Kier alpha value is -2.88. The minimum absolute atomic E-state index is 0.262. The number of urea groups is 1. The SMILES string of the molecule is CC(C)C(Nc1ccc(OCC(=O)O)cc1NC(=O)Nc1nncs1)C1CCCCC1. The normalized spacial score (nSPS) is 15.3.